The van der Waals surface area contributed by atoms with Gasteiger partial charge in [0.15, 0.2) is 5.78 Å². The third kappa shape index (κ3) is 28.5. The number of Topliss-reactive ketones (excluding diaryl/α,β-unsaturated/α-hetero) is 1. The zero-order chi connectivity index (χ0) is 40.7. The van der Waals surface area contributed by atoms with Crippen molar-refractivity contribution in [1.29, 1.82) is 5.41 Å². The molecule has 0 amide bonds. The van der Waals surface area contributed by atoms with E-state index in [9.17, 15) is 4.79 Å². The Morgan fingerprint density at radius 3 is 1.94 bits per heavy atom. The lowest BCUT2D eigenvalue weighted by atomic mass is 9.85. The molecule has 0 saturated heterocycles. The fourth-order valence-corrected chi connectivity index (χ4v) is 4.29. The normalized spacial score (nSPS) is 12.1. The lowest BCUT2D eigenvalue weighted by Gasteiger charge is -2.20. The number of allylic oxidation sites excluding steroid dienone is 9. The number of ether oxygens (including phenoxy) is 1. The van der Waals surface area contributed by atoms with E-state index in [1.54, 1.807) is 20.1 Å². The first kappa shape index (κ1) is 53.9. The van der Waals surface area contributed by atoms with Crippen LogP contribution in [0.2, 0.25) is 0 Å². The second kappa shape index (κ2) is 32.0. The summed E-state index contributed by atoms with van der Waals surface area (Å²) in [6, 6.07) is 5.72. The molecule has 0 aliphatic rings. The van der Waals surface area contributed by atoms with Crippen molar-refractivity contribution in [3.8, 4) is 0 Å². The molecule has 6 heteroatoms. The fourth-order valence-electron chi connectivity index (χ4n) is 4.29. The Kier molecular flexibility index (Phi) is 33.8. The second-order valence-electron chi connectivity index (χ2n) is 13.2. The molecule has 1 rings (SSSR count). The van der Waals surface area contributed by atoms with E-state index in [1.165, 1.54) is 5.57 Å². The Morgan fingerprint density at radius 2 is 1.59 bits per heavy atom. The molecule has 51 heavy (non-hydrogen) atoms. The maximum absolute atomic E-state index is 11.3. The van der Waals surface area contributed by atoms with E-state index in [4.69, 9.17) is 21.6 Å². The molecule has 0 fully saturated rings. The van der Waals surface area contributed by atoms with Gasteiger partial charge < -0.3 is 26.9 Å². The molecule has 0 spiro atoms. The number of benzene rings is 1. The summed E-state index contributed by atoms with van der Waals surface area (Å²) in [4.78, 5) is 11.3. The average molecular weight is 707 g/mol. The first-order valence-corrected chi connectivity index (χ1v) is 18.3. The van der Waals surface area contributed by atoms with Gasteiger partial charge in [-0.3, -0.25) is 4.79 Å². The molecule has 0 saturated carbocycles. The van der Waals surface area contributed by atoms with Crippen LogP contribution >= 0.6 is 0 Å². The smallest absolute Gasteiger partial charge is 0.159 e. The van der Waals surface area contributed by atoms with Crippen molar-refractivity contribution in [3.63, 3.8) is 0 Å². The first-order valence-electron chi connectivity index (χ1n) is 18.3. The highest BCUT2D eigenvalue weighted by atomic mass is 16.5. The van der Waals surface area contributed by atoms with Gasteiger partial charge in [0.2, 0.25) is 0 Å². The lowest BCUT2D eigenvalue weighted by Crippen LogP contribution is -2.17. The minimum absolute atomic E-state index is 0.0845. The van der Waals surface area contributed by atoms with E-state index in [0.29, 0.717) is 11.6 Å². The molecule has 6 nitrogen and oxygen atoms in total. The summed E-state index contributed by atoms with van der Waals surface area (Å²) in [5.74, 6) is 0.537. The van der Waals surface area contributed by atoms with E-state index in [2.05, 4.69) is 52.7 Å². The zero-order valence-corrected chi connectivity index (χ0v) is 35.5. The Bertz CT molecular complexity index is 1300. The molecule has 290 valence electrons. The van der Waals surface area contributed by atoms with Crippen LogP contribution in [0.15, 0.2) is 96.6 Å². The van der Waals surface area contributed by atoms with Gasteiger partial charge in [0.1, 0.15) is 0 Å². The molecule has 0 radical (unpaired) electrons. The minimum Gasteiger partial charge on any atom is -0.402 e. The predicted molar refractivity (Wildman–Crippen MR) is 230 cm³/mol. The summed E-state index contributed by atoms with van der Waals surface area (Å²) >= 11 is 0. The summed E-state index contributed by atoms with van der Waals surface area (Å²) < 4.78 is 4.98. The molecule has 1 aromatic carbocycles. The van der Waals surface area contributed by atoms with E-state index in [-0.39, 0.29) is 11.2 Å². The number of carbonyl (C=O) groups is 1. The van der Waals surface area contributed by atoms with Crippen LogP contribution in [0, 0.1) is 23.7 Å². The van der Waals surface area contributed by atoms with Crippen molar-refractivity contribution in [2.24, 2.45) is 22.8 Å². The quantitative estimate of drug-likeness (QED) is 0.0476. The number of hydrogen-bond acceptors (Lipinski definition) is 6. The molecule has 0 unspecified atom stereocenters. The van der Waals surface area contributed by atoms with Crippen molar-refractivity contribution in [2.45, 2.75) is 123 Å². The van der Waals surface area contributed by atoms with Gasteiger partial charge in [0.05, 0.1) is 6.61 Å². The summed E-state index contributed by atoms with van der Waals surface area (Å²) in [7, 11) is 1.70. The minimum atomic E-state index is 0.0845. The van der Waals surface area contributed by atoms with E-state index in [1.807, 2.05) is 105 Å². The highest BCUT2D eigenvalue weighted by Gasteiger charge is 2.14. The summed E-state index contributed by atoms with van der Waals surface area (Å²) in [6.07, 6.45) is 13.9. The molecule has 1 atom stereocenters. The molecule has 0 heterocycles. The summed E-state index contributed by atoms with van der Waals surface area (Å²) in [5.41, 5.74) is 20.9. The predicted octanol–water partition coefficient (Wildman–Crippen LogP) is 12.1. The fraction of sp³-hybridized carbons (Fsp3) is 0.511. The Morgan fingerprint density at radius 1 is 1.04 bits per heavy atom. The molecule has 0 aliphatic carbocycles. The van der Waals surface area contributed by atoms with Gasteiger partial charge in [0, 0.05) is 48.4 Å². The van der Waals surface area contributed by atoms with Crippen LogP contribution in [0.3, 0.4) is 0 Å². The van der Waals surface area contributed by atoms with E-state index >= 15 is 0 Å². The first-order chi connectivity index (χ1) is 23.7. The molecule has 0 aromatic heterocycles. The van der Waals surface area contributed by atoms with Crippen molar-refractivity contribution < 1.29 is 9.53 Å². The Hall–Kier alpha value is -3.90. The molecule has 1 aromatic rings. The van der Waals surface area contributed by atoms with E-state index in [0.717, 1.165) is 83.8 Å². The van der Waals surface area contributed by atoms with Gasteiger partial charge in [-0.05, 0) is 126 Å². The van der Waals surface area contributed by atoms with Crippen LogP contribution in [0.4, 0.5) is 0 Å². The number of aryl methyl sites for hydroxylation is 1. The Balaban J connectivity index is -0.000000304. The van der Waals surface area contributed by atoms with Crippen LogP contribution in [0.25, 0.3) is 5.57 Å². The van der Waals surface area contributed by atoms with Crippen molar-refractivity contribution >= 4 is 17.1 Å². The maximum Gasteiger partial charge on any atom is 0.159 e. The monoisotopic (exact) mass is 707 g/mol. The highest BCUT2D eigenvalue weighted by Crippen LogP contribution is 2.27. The standard InChI is InChI=1S/C15H19NO.C13H26N2O.C11H19N.C4H8.C2H6/c1-9-8-14(13(5)17)6-7-15(9)11(3)10(2)12(4)16;1-5-13(12(3)14)7-6-9-15-11(2)8-10-16-4;1-6-7-10(8-9(2)12)11(3,4)5;1-3-4-2;1-2/h6-8H,4,16H2,1-3,5H3;13-15H,2,5-10H2,1,3-4H3;6-8H,1,12H2,2-5H3;3-4H,1-2H3;1-2H3/b11-10-;;9-8-,10-7+;4-3-;/t;13-;;;/m.0.../s1. The molecule has 0 bridgehead atoms. The van der Waals surface area contributed by atoms with Gasteiger partial charge >= 0.3 is 0 Å². The third-order valence-corrected chi connectivity index (χ3v) is 7.78. The zero-order valence-electron chi connectivity index (χ0n) is 35.5. The topological polar surface area (TPSA) is 114 Å². The van der Waals surface area contributed by atoms with Crippen molar-refractivity contribution in [2.75, 3.05) is 20.3 Å². The molecule has 6 N–H and O–H groups in total. The number of hydrogen-bond donors (Lipinski definition) is 4. The number of nitrogens with two attached hydrogens (primary N) is 2. The number of methoxy groups -OCH3 is 1. The lowest BCUT2D eigenvalue weighted by molar-refractivity contribution is 0.101. The average Bonchev–Trinajstić information content (AvgIpc) is 3.07. The molecule has 0 aliphatic heterocycles. The van der Waals surface area contributed by atoms with Gasteiger partial charge in [-0.2, -0.15) is 0 Å². The van der Waals surface area contributed by atoms with Crippen LogP contribution in [-0.4, -0.2) is 31.8 Å². The number of rotatable bonds is 15. The molecular weight excluding hydrogens is 629 g/mol. The number of nitrogens with one attached hydrogen (secondary N) is 2. The van der Waals surface area contributed by atoms with Crippen LogP contribution in [-0.2, 0) is 4.74 Å². The van der Waals surface area contributed by atoms with Gasteiger partial charge in [-0.25, -0.2) is 0 Å². The number of ketones is 1. The van der Waals surface area contributed by atoms with Crippen LogP contribution in [0.5, 0.6) is 0 Å². The van der Waals surface area contributed by atoms with Gasteiger partial charge in [0.25, 0.3) is 0 Å². The maximum atomic E-state index is 11.3. The van der Waals surface area contributed by atoms with Gasteiger partial charge in [-0.15, -0.1) is 0 Å². The van der Waals surface area contributed by atoms with Gasteiger partial charge in [-0.1, -0.05) is 97.7 Å². The Labute approximate surface area is 315 Å². The summed E-state index contributed by atoms with van der Waals surface area (Å²) in [6.45, 7) is 41.0. The molecular formula is C45H78N4O2. The SMILES string of the molecule is C/C=C\C.C=C(CCOC)NCCC[C@H](CC)C(C)=N.C=C(N)/C(C)=C(/C)c1ccc(C(C)=O)cc1C.C=C/C=C(\C=C(\C)N)C(C)(C)C.CC. The van der Waals surface area contributed by atoms with Crippen molar-refractivity contribution in [1.82, 2.24) is 5.32 Å². The van der Waals surface area contributed by atoms with E-state index < -0.39 is 0 Å². The van der Waals surface area contributed by atoms with Crippen LogP contribution < -0.4 is 16.8 Å². The van der Waals surface area contributed by atoms with Crippen LogP contribution in [0.1, 0.15) is 137 Å². The third-order valence-electron chi connectivity index (χ3n) is 7.78. The second-order valence-corrected chi connectivity index (χ2v) is 13.2. The largest absolute Gasteiger partial charge is 0.402 e. The number of carbonyl (C=O) groups excluding carboxylic acids is 1. The van der Waals surface area contributed by atoms with Crippen molar-refractivity contribution in [3.05, 3.63) is 113 Å². The summed E-state index contributed by atoms with van der Waals surface area (Å²) in [5, 5.41) is 10.9. The highest BCUT2D eigenvalue weighted by molar-refractivity contribution is 5.94.